The number of benzene rings is 1. The van der Waals surface area contributed by atoms with Crippen LogP contribution in [0.15, 0.2) is 30.3 Å². The van der Waals surface area contributed by atoms with Crippen molar-refractivity contribution in [1.29, 1.82) is 0 Å². The van der Waals surface area contributed by atoms with Crippen LogP contribution < -0.4 is 5.32 Å². The van der Waals surface area contributed by atoms with E-state index in [1.807, 2.05) is 12.1 Å². The van der Waals surface area contributed by atoms with Gasteiger partial charge in [0, 0.05) is 50.8 Å². The summed E-state index contributed by atoms with van der Waals surface area (Å²) in [6.45, 7) is 22.8. The van der Waals surface area contributed by atoms with E-state index in [0.717, 1.165) is 45.8 Å². The molecule has 6 fully saturated rings. The van der Waals surface area contributed by atoms with Gasteiger partial charge in [0.15, 0.2) is 9.84 Å². The number of allylic oxidation sites excluding steroid dienone is 2. The zero-order chi connectivity index (χ0) is 39.0. The Morgan fingerprint density at radius 2 is 1.60 bits per heavy atom. The molecule has 2 heterocycles. The number of ether oxygens (including phenoxy) is 2. The number of morpholine rings is 1. The molecule has 5 aliphatic carbocycles. The van der Waals surface area contributed by atoms with Crippen LogP contribution in [0.3, 0.4) is 0 Å². The van der Waals surface area contributed by atoms with Crippen LogP contribution in [0, 0.1) is 51.2 Å². The number of esters is 1. The monoisotopic (exact) mass is 778 g/mol. The number of methoxy groups -OCH3 is 1. The average molecular weight is 778 g/mol. The molecule has 0 amide bonds. The molecule has 10 atom stereocenters. The number of nitrogens with one attached hydrogen (secondary N) is 1. The first-order valence-corrected chi connectivity index (χ1v) is 23.8. The maximum absolute atomic E-state index is 12.2. The van der Waals surface area contributed by atoms with E-state index in [1.54, 1.807) is 0 Å². The normalized spacial score (nSPS) is 41.9. The van der Waals surface area contributed by atoms with Crippen molar-refractivity contribution in [2.24, 2.45) is 51.2 Å². The zero-order valence-corrected chi connectivity index (χ0v) is 35.9. The number of fused-ring (bicyclic) bond motifs is 7. The first-order chi connectivity index (χ1) is 26.1. The summed E-state index contributed by atoms with van der Waals surface area (Å²) in [6.07, 6.45) is 14.1. The van der Waals surface area contributed by atoms with Gasteiger partial charge in [-0.3, -0.25) is 4.90 Å². The predicted molar refractivity (Wildman–Crippen MR) is 221 cm³/mol. The molecule has 4 saturated carbocycles. The Labute approximate surface area is 332 Å². The second-order valence-electron chi connectivity index (χ2n) is 20.5. The Morgan fingerprint density at radius 3 is 2.29 bits per heavy atom. The molecule has 55 heavy (non-hydrogen) atoms. The second kappa shape index (κ2) is 14.5. The third-order valence-corrected chi connectivity index (χ3v) is 19.9. The highest BCUT2D eigenvalue weighted by Gasteiger charge is 2.70. The number of carbonyl (C=O) groups is 1. The highest BCUT2D eigenvalue weighted by atomic mass is 32.2. The van der Waals surface area contributed by atoms with E-state index in [0.29, 0.717) is 65.8 Å². The van der Waals surface area contributed by atoms with Crippen LogP contribution in [0.5, 0.6) is 0 Å². The van der Waals surface area contributed by atoms with Gasteiger partial charge in [-0.1, -0.05) is 52.8 Å². The standard InChI is InChI=1S/C46H71N3O5S/c1-32(49-24-28-54-29-25-49)35-14-19-46(47-22-23-48-26-30-55(51,52)31-27-48)21-20-44(5)37(40(35)46)12-13-39-43(4)17-15-36(33-8-10-34(11-9-33)41(50)53-7)42(2,3)38(43)16-18-45(39,44)6/h8-11,15,32,35,37-40,47H,12-14,16-31H2,1-7H3/t32?,35-,37+,38-,39+,40+,43-,44+,45+,46-/m0/s1. The molecule has 0 aromatic heterocycles. The van der Waals surface area contributed by atoms with Crippen molar-refractivity contribution < 1.29 is 22.7 Å². The zero-order valence-electron chi connectivity index (χ0n) is 35.1. The van der Waals surface area contributed by atoms with Gasteiger partial charge < -0.3 is 19.7 Å². The molecule has 0 bridgehead atoms. The molecule has 8 rings (SSSR count). The Bertz CT molecular complexity index is 1730. The van der Waals surface area contributed by atoms with Gasteiger partial charge in [-0.15, -0.1) is 0 Å². The van der Waals surface area contributed by atoms with Crippen molar-refractivity contribution in [1.82, 2.24) is 15.1 Å². The summed E-state index contributed by atoms with van der Waals surface area (Å²) in [5.74, 6) is 3.64. The van der Waals surface area contributed by atoms with Gasteiger partial charge in [0.05, 0.1) is 37.4 Å². The number of hydrogen-bond acceptors (Lipinski definition) is 8. The summed E-state index contributed by atoms with van der Waals surface area (Å²) in [5.41, 5.74) is 4.30. The molecular formula is C46H71N3O5S. The average Bonchev–Trinajstić information content (AvgIpc) is 3.55. The lowest BCUT2D eigenvalue weighted by atomic mass is 9.33. The number of sulfone groups is 1. The highest BCUT2D eigenvalue weighted by molar-refractivity contribution is 7.91. The first kappa shape index (κ1) is 40.0. The Morgan fingerprint density at radius 1 is 0.891 bits per heavy atom. The summed E-state index contributed by atoms with van der Waals surface area (Å²) in [4.78, 5) is 17.3. The van der Waals surface area contributed by atoms with E-state index in [4.69, 9.17) is 9.47 Å². The third-order valence-electron chi connectivity index (χ3n) is 18.3. The van der Waals surface area contributed by atoms with Crippen LogP contribution in [-0.4, -0.2) is 107 Å². The fraction of sp³-hybridized carbons (Fsp3) is 0.804. The van der Waals surface area contributed by atoms with E-state index in [9.17, 15) is 13.2 Å². The summed E-state index contributed by atoms with van der Waals surface area (Å²) < 4.78 is 35.1. The van der Waals surface area contributed by atoms with Crippen molar-refractivity contribution in [3.8, 4) is 0 Å². The van der Waals surface area contributed by atoms with Gasteiger partial charge in [-0.25, -0.2) is 13.2 Å². The molecule has 1 aromatic carbocycles. The van der Waals surface area contributed by atoms with E-state index in [1.165, 1.54) is 69.6 Å². The van der Waals surface area contributed by atoms with Crippen LogP contribution >= 0.6 is 0 Å². The quantitative estimate of drug-likeness (QED) is 0.275. The smallest absolute Gasteiger partial charge is 0.337 e. The van der Waals surface area contributed by atoms with Gasteiger partial charge in [0.25, 0.3) is 0 Å². The van der Waals surface area contributed by atoms with Crippen molar-refractivity contribution in [2.75, 3.05) is 71.1 Å². The summed E-state index contributed by atoms with van der Waals surface area (Å²) >= 11 is 0. The molecule has 7 aliphatic rings. The fourth-order valence-corrected chi connectivity index (χ4v) is 16.5. The highest BCUT2D eigenvalue weighted by Crippen LogP contribution is 2.76. The van der Waals surface area contributed by atoms with Crippen molar-refractivity contribution in [3.05, 3.63) is 41.5 Å². The van der Waals surface area contributed by atoms with Gasteiger partial charge >= 0.3 is 5.97 Å². The summed E-state index contributed by atoms with van der Waals surface area (Å²) in [5, 5.41) is 4.32. The lowest BCUT2D eigenvalue weighted by Gasteiger charge is -2.72. The number of rotatable bonds is 8. The van der Waals surface area contributed by atoms with Crippen molar-refractivity contribution >= 4 is 21.4 Å². The molecule has 8 nitrogen and oxygen atoms in total. The molecule has 2 saturated heterocycles. The lowest BCUT2D eigenvalue weighted by molar-refractivity contribution is -0.222. The molecule has 9 heteroatoms. The van der Waals surface area contributed by atoms with Crippen LogP contribution in [0.1, 0.15) is 115 Å². The Kier molecular flexibility index (Phi) is 10.5. The maximum Gasteiger partial charge on any atom is 0.337 e. The maximum atomic E-state index is 12.2. The lowest BCUT2D eigenvalue weighted by Crippen LogP contribution is -2.68. The van der Waals surface area contributed by atoms with E-state index in [2.05, 4.69) is 74.9 Å². The molecule has 1 unspecified atom stereocenters. The molecule has 0 spiro atoms. The fourth-order valence-electron chi connectivity index (χ4n) is 15.2. The summed E-state index contributed by atoms with van der Waals surface area (Å²) in [6, 6.07) is 8.68. The SMILES string of the molecule is COC(=O)c1ccc(C2=CC[C@]3(C)[C@H]4CC[C@@H]5[C@H]6[C@H](C(C)N7CCOCC7)CC[C@]6(NCCN6CCS(=O)(=O)CC6)CC[C@@]5(C)[C@]4(C)CC[C@H]3C2(C)C)cc1. The second-order valence-corrected chi connectivity index (χ2v) is 22.8. The van der Waals surface area contributed by atoms with Crippen LogP contribution in [0.4, 0.5) is 0 Å². The molecule has 1 aromatic rings. The Balaban J connectivity index is 1.07. The van der Waals surface area contributed by atoms with E-state index in [-0.39, 0.29) is 33.2 Å². The molecule has 0 radical (unpaired) electrons. The minimum absolute atomic E-state index is 0.0349. The predicted octanol–water partition coefficient (Wildman–Crippen LogP) is 7.34. The molecule has 2 aliphatic heterocycles. The van der Waals surface area contributed by atoms with Crippen LogP contribution in [0.25, 0.3) is 5.57 Å². The molecule has 306 valence electrons. The van der Waals surface area contributed by atoms with Gasteiger partial charge in [0.1, 0.15) is 0 Å². The number of nitrogens with zero attached hydrogens (tertiary/aromatic N) is 2. The third kappa shape index (κ3) is 6.51. The van der Waals surface area contributed by atoms with Gasteiger partial charge in [-0.2, -0.15) is 0 Å². The number of hydrogen-bond donors (Lipinski definition) is 1. The topological polar surface area (TPSA) is 88.2 Å². The van der Waals surface area contributed by atoms with Crippen LogP contribution in [0.2, 0.25) is 0 Å². The molecular weight excluding hydrogens is 707 g/mol. The largest absolute Gasteiger partial charge is 0.465 e. The van der Waals surface area contributed by atoms with E-state index < -0.39 is 9.84 Å². The first-order valence-electron chi connectivity index (χ1n) is 22.0. The van der Waals surface area contributed by atoms with Gasteiger partial charge in [-0.05, 0) is 139 Å². The minimum Gasteiger partial charge on any atom is -0.465 e. The van der Waals surface area contributed by atoms with Crippen molar-refractivity contribution in [3.63, 3.8) is 0 Å². The summed E-state index contributed by atoms with van der Waals surface area (Å²) in [7, 11) is -1.42. The number of carbonyl (C=O) groups excluding carboxylic acids is 1. The van der Waals surface area contributed by atoms with Crippen LogP contribution in [-0.2, 0) is 19.3 Å². The molecule has 1 N–H and O–H groups in total. The minimum atomic E-state index is -2.87. The van der Waals surface area contributed by atoms with E-state index >= 15 is 0 Å². The van der Waals surface area contributed by atoms with Gasteiger partial charge in [0.2, 0.25) is 0 Å². The Hall–Kier alpha value is -1.78. The van der Waals surface area contributed by atoms with Crippen molar-refractivity contribution in [2.45, 2.75) is 111 Å².